The Morgan fingerprint density at radius 2 is 1.90 bits per heavy atom. The fourth-order valence-electron chi connectivity index (χ4n) is 3.08. The molecule has 118 valence electrons. The summed E-state index contributed by atoms with van der Waals surface area (Å²) in [7, 11) is 0. The second-order valence-corrected chi connectivity index (χ2v) is 6.13. The molecule has 0 aliphatic carbocycles. The minimum Gasteiger partial charge on any atom is -0.307 e. The molecule has 1 N–H and O–H groups in total. The Morgan fingerprint density at radius 3 is 2.52 bits per heavy atom. The molecule has 0 saturated carbocycles. The predicted octanol–water partition coefficient (Wildman–Crippen LogP) is 3.80. The molecular formula is C17H26F2N2. The van der Waals surface area contributed by atoms with Gasteiger partial charge in [0.1, 0.15) is 11.6 Å². The van der Waals surface area contributed by atoms with Gasteiger partial charge in [-0.05, 0) is 70.4 Å². The van der Waals surface area contributed by atoms with E-state index >= 15 is 0 Å². The van der Waals surface area contributed by atoms with E-state index in [2.05, 4.69) is 17.1 Å². The van der Waals surface area contributed by atoms with E-state index < -0.39 is 0 Å². The minimum atomic E-state index is -0.335. The molecule has 0 spiro atoms. The SMILES string of the molecule is CCCN1CCC(NC(C)c2cc(F)c(C)cc2F)CC1. The number of benzene rings is 1. The Kier molecular flexibility index (Phi) is 5.71. The van der Waals surface area contributed by atoms with Crippen LogP contribution in [0, 0.1) is 18.6 Å². The maximum absolute atomic E-state index is 14.0. The lowest BCUT2D eigenvalue weighted by atomic mass is 10.00. The number of likely N-dealkylation sites (tertiary alicyclic amines) is 1. The van der Waals surface area contributed by atoms with Gasteiger partial charge in [0.2, 0.25) is 0 Å². The van der Waals surface area contributed by atoms with Crippen molar-refractivity contribution in [2.75, 3.05) is 19.6 Å². The molecule has 1 aromatic rings. The summed E-state index contributed by atoms with van der Waals surface area (Å²) >= 11 is 0. The van der Waals surface area contributed by atoms with Crippen LogP contribution in [0.15, 0.2) is 12.1 Å². The lowest BCUT2D eigenvalue weighted by Crippen LogP contribution is -2.43. The maximum Gasteiger partial charge on any atom is 0.128 e. The van der Waals surface area contributed by atoms with E-state index in [0.29, 0.717) is 17.2 Å². The fourth-order valence-corrected chi connectivity index (χ4v) is 3.08. The molecule has 2 nitrogen and oxygen atoms in total. The van der Waals surface area contributed by atoms with Gasteiger partial charge in [0, 0.05) is 17.6 Å². The lowest BCUT2D eigenvalue weighted by Gasteiger charge is -2.34. The van der Waals surface area contributed by atoms with Crippen molar-refractivity contribution in [1.29, 1.82) is 0 Å². The van der Waals surface area contributed by atoms with E-state index in [1.54, 1.807) is 6.92 Å². The number of hydrogen-bond acceptors (Lipinski definition) is 2. The van der Waals surface area contributed by atoms with Crippen LogP contribution >= 0.6 is 0 Å². The van der Waals surface area contributed by atoms with Gasteiger partial charge in [-0.15, -0.1) is 0 Å². The van der Waals surface area contributed by atoms with Crippen LogP contribution in [0.3, 0.4) is 0 Å². The monoisotopic (exact) mass is 296 g/mol. The van der Waals surface area contributed by atoms with Gasteiger partial charge in [-0.1, -0.05) is 6.92 Å². The van der Waals surface area contributed by atoms with E-state index in [1.807, 2.05) is 6.92 Å². The maximum atomic E-state index is 14.0. The van der Waals surface area contributed by atoms with E-state index in [4.69, 9.17) is 0 Å². The zero-order chi connectivity index (χ0) is 15.4. The highest BCUT2D eigenvalue weighted by Gasteiger charge is 2.22. The van der Waals surface area contributed by atoms with Crippen molar-refractivity contribution in [3.63, 3.8) is 0 Å². The minimum absolute atomic E-state index is 0.164. The molecule has 1 unspecified atom stereocenters. The summed E-state index contributed by atoms with van der Waals surface area (Å²) in [6.45, 7) is 9.02. The average Bonchev–Trinajstić information content (AvgIpc) is 2.45. The molecule has 0 radical (unpaired) electrons. The Morgan fingerprint density at radius 1 is 1.24 bits per heavy atom. The highest BCUT2D eigenvalue weighted by atomic mass is 19.1. The van der Waals surface area contributed by atoms with Crippen LogP contribution < -0.4 is 5.32 Å². The van der Waals surface area contributed by atoms with Crippen molar-refractivity contribution in [2.45, 2.75) is 52.1 Å². The number of aryl methyl sites for hydroxylation is 1. The molecule has 1 fully saturated rings. The Balaban J connectivity index is 1.93. The molecule has 0 aromatic heterocycles. The van der Waals surface area contributed by atoms with Gasteiger partial charge >= 0.3 is 0 Å². The van der Waals surface area contributed by atoms with Crippen LogP contribution in [0.2, 0.25) is 0 Å². The molecule has 0 amide bonds. The molecule has 1 aliphatic heterocycles. The van der Waals surface area contributed by atoms with E-state index in [0.717, 1.165) is 32.5 Å². The molecule has 0 bridgehead atoms. The topological polar surface area (TPSA) is 15.3 Å². The van der Waals surface area contributed by atoms with E-state index in [-0.39, 0.29) is 17.7 Å². The van der Waals surface area contributed by atoms with E-state index in [9.17, 15) is 8.78 Å². The largest absolute Gasteiger partial charge is 0.307 e. The highest BCUT2D eigenvalue weighted by Crippen LogP contribution is 2.22. The van der Waals surface area contributed by atoms with Gasteiger partial charge in [-0.2, -0.15) is 0 Å². The number of piperidine rings is 1. The Hall–Kier alpha value is -1.00. The van der Waals surface area contributed by atoms with Gasteiger partial charge in [-0.3, -0.25) is 0 Å². The van der Waals surface area contributed by atoms with Crippen LogP contribution in [-0.2, 0) is 0 Å². The summed E-state index contributed by atoms with van der Waals surface area (Å²) in [6.07, 6.45) is 3.32. The van der Waals surface area contributed by atoms with Crippen molar-refractivity contribution in [3.8, 4) is 0 Å². The normalized spacial score (nSPS) is 18.9. The predicted molar refractivity (Wildman–Crippen MR) is 82.4 cm³/mol. The van der Waals surface area contributed by atoms with Crippen LogP contribution in [0.5, 0.6) is 0 Å². The lowest BCUT2D eigenvalue weighted by molar-refractivity contribution is 0.192. The smallest absolute Gasteiger partial charge is 0.128 e. The first-order valence-corrected chi connectivity index (χ1v) is 7.95. The summed E-state index contributed by atoms with van der Waals surface area (Å²) < 4.78 is 27.6. The molecular weight excluding hydrogens is 270 g/mol. The second-order valence-electron chi connectivity index (χ2n) is 6.13. The summed E-state index contributed by atoms with van der Waals surface area (Å²) in [5.41, 5.74) is 0.783. The molecule has 4 heteroatoms. The molecule has 1 aliphatic rings. The molecule has 2 rings (SSSR count). The average molecular weight is 296 g/mol. The Labute approximate surface area is 126 Å². The number of rotatable bonds is 5. The molecule has 1 heterocycles. The standard InChI is InChI=1S/C17H26F2N2/c1-4-7-21-8-5-14(6-9-21)20-13(3)15-11-16(18)12(2)10-17(15)19/h10-11,13-14,20H,4-9H2,1-3H3. The zero-order valence-corrected chi connectivity index (χ0v) is 13.3. The summed E-state index contributed by atoms with van der Waals surface area (Å²) in [5, 5.41) is 3.45. The van der Waals surface area contributed by atoms with Crippen LogP contribution in [-0.4, -0.2) is 30.6 Å². The third kappa shape index (κ3) is 4.24. The number of nitrogens with zero attached hydrogens (tertiary/aromatic N) is 1. The van der Waals surface area contributed by atoms with Crippen LogP contribution in [0.1, 0.15) is 50.3 Å². The third-order valence-corrected chi connectivity index (χ3v) is 4.36. The van der Waals surface area contributed by atoms with Crippen molar-refractivity contribution < 1.29 is 8.78 Å². The van der Waals surface area contributed by atoms with Gasteiger partial charge < -0.3 is 10.2 Å². The molecule has 21 heavy (non-hydrogen) atoms. The van der Waals surface area contributed by atoms with Gasteiger partial charge in [-0.25, -0.2) is 8.78 Å². The van der Waals surface area contributed by atoms with E-state index in [1.165, 1.54) is 18.6 Å². The number of halogens is 2. The van der Waals surface area contributed by atoms with Gasteiger partial charge in [0.05, 0.1) is 0 Å². The summed E-state index contributed by atoms with van der Waals surface area (Å²) in [6, 6.07) is 2.83. The first-order chi connectivity index (χ1) is 10.0. The van der Waals surface area contributed by atoms with Crippen molar-refractivity contribution in [1.82, 2.24) is 10.2 Å². The third-order valence-electron chi connectivity index (χ3n) is 4.36. The summed E-state index contributed by atoms with van der Waals surface area (Å²) in [4.78, 5) is 2.47. The van der Waals surface area contributed by atoms with Crippen LogP contribution in [0.25, 0.3) is 0 Å². The van der Waals surface area contributed by atoms with Crippen molar-refractivity contribution in [3.05, 3.63) is 34.9 Å². The quantitative estimate of drug-likeness (QED) is 0.889. The van der Waals surface area contributed by atoms with Crippen molar-refractivity contribution in [2.24, 2.45) is 0 Å². The Bertz CT molecular complexity index is 468. The molecule has 1 aromatic carbocycles. The second kappa shape index (κ2) is 7.32. The summed E-state index contributed by atoms with van der Waals surface area (Å²) in [5.74, 6) is -0.657. The van der Waals surface area contributed by atoms with Gasteiger partial charge in [0.25, 0.3) is 0 Å². The first-order valence-electron chi connectivity index (χ1n) is 7.95. The number of hydrogen-bond donors (Lipinski definition) is 1. The van der Waals surface area contributed by atoms with Gasteiger partial charge in [0.15, 0.2) is 0 Å². The highest BCUT2D eigenvalue weighted by molar-refractivity contribution is 5.27. The van der Waals surface area contributed by atoms with Crippen molar-refractivity contribution >= 4 is 0 Å². The van der Waals surface area contributed by atoms with Crippen LogP contribution in [0.4, 0.5) is 8.78 Å². The number of nitrogens with one attached hydrogen (secondary N) is 1. The molecule has 1 atom stereocenters. The fraction of sp³-hybridized carbons (Fsp3) is 0.647. The zero-order valence-electron chi connectivity index (χ0n) is 13.3. The molecule has 1 saturated heterocycles. The first kappa shape index (κ1) is 16.4.